The molecule has 0 spiro atoms. The van der Waals surface area contributed by atoms with Crippen LogP contribution >= 0.6 is 15.9 Å². The molecule has 1 atom stereocenters. The Bertz CT molecular complexity index is 297. The number of pyridine rings is 1. The van der Waals surface area contributed by atoms with Crippen molar-refractivity contribution in [2.24, 2.45) is 0 Å². The molecule has 14 heavy (non-hydrogen) atoms. The molecule has 0 amide bonds. The highest BCUT2D eigenvalue weighted by molar-refractivity contribution is 9.11. The summed E-state index contributed by atoms with van der Waals surface area (Å²) >= 11 is 3.36. The van der Waals surface area contributed by atoms with Gasteiger partial charge >= 0.3 is 0 Å². The van der Waals surface area contributed by atoms with E-state index in [2.05, 4.69) is 46.4 Å². The van der Waals surface area contributed by atoms with E-state index in [9.17, 15) is 0 Å². The van der Waals surface area contributed by atoms with Crippen LogP contribution in [0.4, 0.5) is 0 Å². The molecule has 0 aliphatic rings. The lowest BCUT2D eigenvalue weighted by Crippen LogP contribution is -2.24. The van der Waals surface area contributed by atoms with Crippen molar-refractivity contribution in [3.63, 3.8) is 0 Å². The van der Waals surface area contributed by atoms with Gasteiger partial charge in [0.1, 0.15) is 0 Å². The van der Waals surface area contributed by atoms with Crippen LogP contribution in [0.3, 0.4) is 0 Å². The molecular weight excluding hydrogens is 240 g/mol. The number of rotatable bonds is 4. The molecule has 0 radical (unpaired) electrons. The van der Waals surface area contributed by atoms with Gasteiger partial charge in [-0.2, -0.15) is 0 Å². The summed E-state index contributed by atoms with van der Waals surface area (Å²) < 4.78 is 0.989. The Morgan fingerprint density at radius 3 is 2.86 bits per heavy atom. The van der Waals surface area contributed by atoms with E-state index >= 15 is 0 Å². The van der Waals surface area contributed by atoms with E-state index in [1.807, 2.05) is 24.4 Å². The number of likely N-dealkylation sites (N-methyl/N-ethyl adjacent to an activating group) is 1. The molecule has 0 fully saturated rings. The van der Waals surface area contributed by atoms with E-state index < -0.39 is 0 Å². The van der Waals surface area contributed by atoms with Crippen LogP contribution in [0.5, 0.6) is 0 Å². The lowest BCUT2D eigenvalue weighted by Gasteiger charge is -2.23. The maximum Gasteiger partial charge on any atom is 0.0572 e. The van der Waals surface area contributed by atoms with E-state index in [0.717, 1.165) is 16.7 Å². The average Bonchev–Trinajstić information content (AvgIpc) is 2.17. The summed E-state index contributed by atoms with van der Waals surface area (Å²) in [5.74, 6) is 0. The number of aromatic nitrogens is 1. The van der Waals surface area contributed by atoms with Crippen molar-refractivity contribution >= 4 is 15.9 Å². The highest BCUT2D eigenvalue weighted by Crippen LogP contribution is 2.17. The van der Waals surface area contributed by atoms with Gasteiger partial charge in [-0.3, -0.25) is 9.88 Å². The summed E-state index contributed by atoms with van der Waals surface area (Å²) in [6, 6.07) is 6.29. The molecule has 0 aliphatic heterocycles. The Kier molecular flexibility index (Phi) is 4.29. The van der Waals surface area contributed by atoms with Gasteiger partial charge < -0.3 is 0 Å². The minimum atomic E-state index is 0.311. The molecule has 0 aromatic carbocycles. The fourth-order valence-corrected chi connectivity index (χ4v) is 1.65. The van der Waals surface area contributed by atoms with Gasteiger partial charge in [-0.25, -0.2) is 0 Å². The normalized spacial score (nSPS) is 12.9. The highest BCUT2D eigenvalue weighted by atomic mass is 79.9. The monoisotopic (exact) mass is 254 g/mol. The highest BCUT2D eigenvalue weighted by Gasteiger charge is 2.11. The van der Waals surface area contributed by atoms with Gasteiger partial charge in [-0.1, -0.05) is 28.6 Å². The zero-order chi connectivity index (χ0) is 10.6. The van der Waals surface area contributed by atoms with Crippen LogP contribution < -0.4 is 0 Å². The van der Waals surface area contributed by atoms with Gasteiger partial charge in [-0.15, -0.1) is 0 Å². The first-order valence-corrected chi connectivity index (χ1v) is 5.35. The molecule has 0 N–H and O–H groups in total. The summed E-state index contributed by atoms with van der Waals surface area (Å²) in [5, 5.41) is 0. The first kappa shape index (κ1) is 11.4. The van der Waals surface area contributed by atoms with Crippen molar-refractivity contribution in [2.75, 3.05) is 13.6 Å². The Balaban J connectivity index is 2.65. The third-order valence-electron chi connectivity index (χ3n) is 2.20. The first-order chi connectivity index (χ1) is 6.61. The molecule has 1 aromatic rings. The molecule has 0 saturated carbocycles. The van der Waals surface area contributed by atoms with Gasteiger partial charge in [0.15, 0.2) is 0 Å². The largest absolute Gasteiger partial charge is 0.293 e. The molecule has 1 aromatic heterocycles. The average molecular weight is 255 g/mol. The molecule has 0 saturated heterocycles. The van der Waals surface area contributed by atoms with Crippen LogP contribution in [-0.4, -0.2) is 23.5 Å². The molecule has 0 unspecified atom stereocenters. The number of hydrogen-bond donors (Lipinski definition) is 0. The molecule has 1 heterocycles. The molecule has 0 bridgehead atoms. The topological polar surface area (TPSA) is 16.1 Å². The molecule has 2 nitrogen and oxygen atoms in total. The molecular formula is C11H15BrN2. The van der Waals surface area contributed by atoms with Crippen molar-refractivity contribution in [1.29, 1.82) is 0 Å². The quantitative estimate of drug-likeness (QED) is 0.822. The zero-order valence-corrected chi connectivity index (χ0v) is 10.2. The van der Waals surface area contributed by atoms with Crippen molar-refractivity contribution in [1.82, 2.24) is 9.88 Å². The fourth-order valence-electron chi connectivity index (χ4n) is 1.26. The summed E-state index contributed by atoms with van der Waals surface area (Å²) in [4.78, 5) is 6.51. The smallest absolute Gasteiger partial charge is 0.0572 e. The molecule has 0 aliphatic carbocycles. The van der Waals surface area contributed by atoms with Gasteiger partial charge in [0, 0.05) is 23.3 Å². The zero-order valence-electron chi connectivity index (χ0n) is 8.57. The van der Waals surface area contributed by atoms with Crippen molar-refractivity contribution in [2.45, 2.75) is 13.0 Å². The molecule has 76 valence electrons. The Morgan fingerprint density at radius 2 is 2.36 bits per heavy atom. The van der Waals surface area contributed by atoms with E-state index in [1.54, 1.807) is 0 Å². The minimum absolute atomic E-state index is 0.311. The van der Waals surface area contributed by atoms with E-state index in [-0.39, 0.29) is 0 Å². The first-order valence-electron chi connectivity index (χ1n) is 4.55. The Morgan fingerprint density at radius 1 is 1.64 bits per heavy atom. The maximum absolute atomic E-state index is 4.32. The van der Waals surface area contributed by atoms with Gasteiger partial charge in [0.2, 0.25) is 0 Å². The van der Waals surface area contributed by atoms with Crippen LogP contribution in [-0.2, 0) is 0 Å². The lowest BCUT2D eigenvalue weighted by atomic mass is 10.2. The van der Waals surface area contributed by atoms with Gasteiger partial charge in [0.25, 0.3) is 0 Å². The minimum Gasteiger partial charge on any atom is -0.293 e. The fraction of sp³-hybridized carbons (Fsp3) is 0.364. The molecule has 3 heteroatoms. The van der Waals surface area contributed by atoms with Crippen LogP contribution in [0.1, 0.15) is 18.7 Å². The van der Waals surface area contributed by atoms with Crippen molar-refractivity contribution < 1.29 is 0 Å². The molecule has 1 rings (SSSR count). The summed E-state index contributed by atoms with van der Waals surface area (Å²) in [5.41, 5.74) is 1.09. The predicted octanol–water partition coefficient (Wildman–Crippen LogP) is 2.98. The third kappa shape index (κ3) is 3.24. The van der Waals surface area contributed by atoms with Gasteiger partial charge in [0.05, 0.1) is 5.69 Å². The second kappa shape index (κ2) is 5.27. The maximum atomic E-state index is 4.32. The second-order valence-corrected chi connectivity index (χ2v) is 4.48. The van der Waals surface area contributed by atoms with E-state index in [1.165, 1.54) is 0 Å². The standard InChI is InChI=1S/C11H15BrN2/c1-9(12)8-14(3)10(2)11-6-4-5-7-13-11/h4-7,10H,1,8H2,2-3H3/t10-/m1/s1. The van der Waals surface area contributed by atoms with E-state index in [4.69, 9.17) is 0 Å². The Hall–Kier alpha value is -0.670. The summed E-state index contributed by atoms with van der Waals surface area (Å²) in [6.07, 6.45) is 1.82. The second-order valence-electron chi connectivity index (χ2n) is 3.36. The van der Waals surface area contributed by atoms with Crippen molar-refractivity contribution in [3.8, 4) is 0 Å². The lowest BCUT2D eigenvalue weighted by molar-refractivity contribution is 0.283. The van der Waals surface area contributed by atoms with Crippen LogP contribution in [0.15, 0.2) is 35.5 Å². The van der Waals surface area contributed by atoms with Crippen LogP contribution in [0.2, 0.25) is 0 Å². The SMILES string of the molecule is C=C(Br)CN(C)[C@H](C)c1ccccn1. The number of halogens is 1. The Labute approximate surface area is 93.8 Å². The van der Waals surface area contributed by atoms with Crippen LogP contribution in [0, 0.1) is 0 Å². The third-order valence-corrected chi connectivity index (χ3v) is 2.45. The van der Waals surface area contributed by atoms with E-state index in [0.29, 0.717) is 6.04 Å². The van der Waals surface area contributed by atoms with Crippen molar-refractivity contribution in [3.05, 3.63) is 41.2 Å². The van der Waals surface area contributed by atoms with Gasteiger partial charge in [-0.05, 0) is 26.1 Å². The number of nitrogens with zero attached hydrogens (tertiary/aromatic N) is 2. The summed E-state index contributed by atoms with van der Waals surface area (Å²) in [6.45, 7) is 6.79. The van der Waals surface area contributed by atoms with Crippen LogP contribution in [0.25, 0.3) is 0 Å². The number of hydrogen-bond acceptors (Lipinski definition) is 2. The predicted molar refractivity (Wildman–Crippen MR) is 63.3 cm³/mol. The summed E-state index contributed by atoms with van der Waals surface area (Å²) in [7, 11) is 2.06.